The molecule has 1 aliphatic heterocycles. The van der Waals surface area contributed by atoms with Crippen LogP contribution in [-0.2, 0) is 0 Å². The molecule has 4 aromatic rings. The van der Waals surface area contributed by atoms with E-state index in [1.165, 1.54) is 12.3 Å². The zero-order chi connectivity index (χ0) is 20.1. The maximum Gasteiger partial charge on any atom is 0.326 e. The number of hydrogen-bond acceptors (Lipinski definition) is 6. The Balaban J connectivity index is 1.56. The second-order valence-electron chi connectivity index (χ2n) is 7.47. The number of nitro groups is 1. The van der Waals surface area contributed by atoms with Gasteiger partial charge in [-0.1, -0.05) is 6.92 Å². The second kappa shape index (κ2) is 6.43. The molecule has 0 spiro atoms. The number of nitrogens with zero attached hydrogens (tertiary/aromatic N) is 5. The van der Waals surface area contributed by atoms with E-state index in [2.05, 4.69) is 31.8 Å². The summed E-state index contributed by atoms with van der Waals surface area (Å²) >= 11 is 0. The van der Waals surface area contributed by atoms with Gasteiger partial charge in [0.2, 0.25) is 0 Å². The normalized spacial score (nSPS) is 19.8. The van der Waals surface area contributed by atoms with E-state index in [-0.39, 0.29) is 23.3 Å². The number of anilines is 1. The first-order valence-corrected chi connectivity index (χ1v) is 9.44. The molecule has 0 amide bonds. The number of pyridine rings is 2. The van der Waals surface area contributed by atoms with E-state index < -0.39 is 4.92 Å². The molecule has 1 aliphatic rings. The quantitative estimate of drug-likeness (QED) is 0.407. The summed E-state index contributed by atoms with van der Waals surface area (Å²) in [6.45, 7) is 3.51. The zero-order valence-corrected chi connectivity index (χ0v) is 15.7. The highest BCUT2D eigenvalue weighted by Crippen LogP contribution is 2.33. The minimum atomic E-state index is -0.459. The van der Waals surface area contributed by atoms with Crippen LogP contribution in [0.1, 0.15) is 19.4 Å². The van der Waals surface area contributed by atoms with Crippen LogP contribution in [0.4, 0.5) is 11.5 Å². The molecular formula is C19H19N7O3. The number of hydrogen-bond donors (Lipinski definition) is 2. The third kappa shape index (κ3) is 2.75. The van der Waals surface area contributed by atoms with Crippen LogP contribution in [-0.4, -0.2) is 42.5 Å². The van der Waals surface area contributed by atoms with Gasteiger partial charge in [0.15, 0.2) is 0 Å². The fourth-order valence-electron chi connectivity index (χ4n) is 4.20. The van der Waals surface area contributed by atoms with Crippen LogP contribution in [0.5, 0.6) is 0 Å². The Labute approximate surface area is 164 Å². The lowest BCUT2D eigenvalue weighted by Gasteiger charge is -2.38. The number of fused-ring (bicyclic) bond motifs is 3. The summed E-state index contributed by atoms with van der Waals surface area (Å²) in [6.07, 6.45) is 5.64. The van der Waals surface area contributed by atoms with Crippen molar-refractivity contribution in [3.63, 3.8) is 0 Å². The third-order valence-electron chi connectivity index (χ3n) is 5.78. The fourth-order valence-corrected chi connectivity index (χ4v) is 4.20. The molecular weight excluding hydrogens is 374 g/mol. The number of imidazole rings is 1. The predicted octanol–water partition coefficient (Wildman–Crippen LogP) is 2.60. The second-order valence-corrected chi connectivity index (χ2v) is 7.47. The highest BCUT2D eigenvalue weighted by molar-refractivity contribution is 6.00. The summed E-state index contributed by atoms with van der Waals surface area (Å²) in [5.74, 6) is 0.956. The van der Waals surface area contributed by atoms with E-state index in [4.69, 9.17) is 0 Å². The van der Waals surface area contributed by atoms with Gasteiger partial charge in [-0.05, 0) is 24.5 Å². The van der Waals surface area contributed by atoms with Crippen LogP contribution < -0.4 is 10.6 Å². The molecule has 0 aliphatic carbocycles. The summed E-state index contributed by atoms with van der Waals surface area (Å²) in [6, 6.07) is 4.99. The molecule has 5 heterocycles. The van der Waals surface area contributed by atoms with Gasteiger partial charge >= 0.3 is 5.69 Å². The molecule has 2 unspecified atom stereocenters. The molecule has 5 rings (SSSR count). The fraction of sp³-hybridized carbons (Fsp3) is 0.316. The molecule has 10 heteroatoms. The van der Waals surface area contributed by atoms with Crippen molar-refractivity contribution in [3.05, 3.63) is 57.4 Å². The Morgan fingerprint density at radius 2 is 2.10 bits per heavy atom. The largest absolute Gasteiger partial charge is 0.355 e. The van der Waals surface area contributed by atoms with Crippen molar-refractivity contribution in [2.45, 2.75) is 19.4 Å². The van der Waals surface area contributed by atoms with Gasteiger partial charge in [0, 0.05) is 30.7 Å². The van der Waals surface area contributed by atoms with Gasteiger partial charge in [-0.2, -0.15) is 0 Å². The highest BCUT2D eigenvalue weighted by atomic mass is 16.6. The van der Waals surface area contributed by atoms with Crippen molar-refractivity contribution in [1.82, 2.24) is 24.5 Å². The van der Waals surface area contributed by atoms with Crippen molar-refractivity contribution >= 4 is 33.6 Å². The van der Waals surface area contributed by atoms with E-state index in [0.717, 1.165) is 29.5 Å². The average molecular weight is 393 g/mol. The molecule has 29 heavy (non-hydrogen) atoms. The van der Waals surface area contributed by atoms with Crippen LogP contribution in [0.15, 0.2) is 41.6 Å². The van der Waals surface area contributed by atoms with Crippen LogP contribution >= 0.6 is 0 Å². The monoisotopic (exact) mass is 393 g/mol. The lowest BCUT2D eigenvalue weighted by atomic mass is 9.93. The molecule has 1 fully saturated rings. The summed E-state index contributed by atoms with van der Waals surface area (Å²) in [5, 5.41) is 11.8. The van der Waals surface area contributed by atoms with Crippen molar-refractivity contribution in [2.24, 2.45) is 5.92 Å². The number of nitrogens with one attached hydrogen (secondary N) is 2. The maximum atomic E-state index is 12.9. The van der Waals surface area contributed by atoms with E-state index in [1.54, 1.807) is 12.3 Å². The molecule has 0 saturated carbocycles. The average Bonchev–Trinajstić information content (AvgIpc) is 3.32. The zero-order valence-electron chi connectivity index (χ0n) is 15.7. The van der Waals surface area contributed by atoms with Gasteiger partial charge in [-0.3, -0.25) is 14.7 Å². The molecule has 1 saturated heterocycles. The lowest BCUT2D eigenvalue weighted by molar-refractivity contribution is -0.385. The Kier molecular flexibility index (Phi) is 3.86. The van der Waals surface area contributed by atoms with Crippen LogP contribution in [0.2, 0.25) is 0 Å². The standard InChI is InChI=1S/C19H19N7O3/c1-11-5-7-24(16-3-2-12(8-21-16)26(28)29)10-15(11)25-17-13-4-6-20-18(13)22-9-14(17)23-19(25)27/h2-4,6,8-9,11,15H,5,7,10H2,1H3,(H,20,22)(H,23,27). The van der Waals surface area contributed by atoms with Crippen molar-refractivity contribution in [3.8, 4) is 0 Å². The molecule has 10 nitrogen and oxygen atoms in total. The van der Waals surface area contributed by atoms with E-state index >= 15 is 0 Å². The predicted molar refractivity (Wildman–Crippen MR) is 108 cm³/mol. The first-order chi connectivity index (χ1) is 14.0. The third-order valence-corrected chi connectivity index (χ3v) is 5.78. The van der Waals surface area contributed by atoms with E-state index in [1.807, 2.05) is 16.8 Å². The van der Waals surface area contributed by atoms with E-state index in [0.29, 0.717) is 17.9 Å². The smallest absolute Gasteiger partial charge is 0.326 e. The van der Waals surface area contributed by atoms with Crippen molar-refractivity contribution < 1.29 is 4.92 Å². The lowest BCUT2D eigenvalue weighted by Crippen LogP contribution is -2.43. The number of aromatic nitrogens is 5. The summed E-state index contributed by atoms with van der Waals surface area (Å²) in [5.41, 5.74) is 2.09. The number of H-pyrrole nitrogens is 2. The van der Waals surface area contributed by atoms with Crippen molar-refractivity contribution in [1.29, 1.82) is 0 Å². The number of aromatic amines is 2. The van der Waals surface area contributed by atoms with Gasteiger partial charge in [0.1, 0.15) is 17.7 Å². The van der Waals surface area contributed by atoms with Gasteiger partial charge in [-0.25, -0.2) is 14.8 Å². The molecule has 4 aromatic heterocycles. The highest BCUT2D eigenvalue weighted by Gasteiger charge is 2.31. The van der Waals surface area contributed by atoms with Gasteiger partial charge < -0.3 is 14.9 Å². The van der Waals surface area contributed by atoms with Gasteiger partial charge in [0.05, 0.1) is 28.2 Å². The number of piperidine rings is 1. The minimum Gasteiger partial charge on any atom is -0.355 e. The van der Waals surface area contributed by atoms with Gasteiger partial charge in [-0.15, -0.1) is 0 Å². The first kappa shape index (κ1) is 17.4. The molecule has 2 N–H and O–H groups in total. The molecule has 0 radical (unpaired) electrons. The Bertz CT molecular complexity index is 1270. The van der Waals surface area contributed by atoms with Crippen LogP contribution in [0.25, 0.3) is 22.1 Å². The Hall–Kier alpha value is -3.69. The Morgan fingerprint density at radius 3 is 2.86 bits per heavy atom. The maximum absolute atomic E-state index is 12.9. The first-order valence-electron chi connectivity index (χ1n) is 9.44. The van der Waals surface area contributed by atoms with Crippen molar-refractivity contribution in [2.75, 3.05) is 18.0 Å². The topological polar surface area (TPSA) is 126 Å². The molecule has 0 bridgehead atoms. The minimum absolute atomic E-state index is 0.0362. The van der Waals surface area contributed by atoms with Crippen LogP contribution in [0.3, 0.4) is 0 Å². The summed E-state index contributed by atoms with van der Waals surface area (Å²) in [4.78, 5) is 40.0. The number of rotatable bonds is 3. The SMILES string of the molecule is CC1CCN(c2ccc([N+](=O)[O-])cn2)CC1n1c(=O)[nH]c2cnc3[nH]ccc3c21. The molecule has 0 aromatic carbocycles. The Morgan fingerprint density at radius 1 is 1.24 bits per heavy atom. The molecule has 148 valence electrons. The molecule has 2 atom stereocenters. The van der Waals surface area contributed by atoms with Crippen LogP contribution in [0, 0.1) is 16.0 Å². The summed E-state index contributed by atoms with van der Waals surface area (Å²) < 4.78 is 1.83. The summed E-state index contributed by atoms with van der Waals surface area (Å²) in [7, 11) is 0. The van der Waals surface area contributed by atoms with E-state index in [9.17, 15) is 14.9 Å². The van der Waals surface area contributed by atoms with Gasteiger partial charge in [0.25, 0.3) is 5.69 Å².